The molecule has 2 aromatic carbocycles. The number of benzene rings is 2. The fourth-order valence-corrected chi connectivity index (χ4v) is 3.59. The van der Waals surface area contributed by atoms with Crippen LogP contribution >= 0.6 is 0 Å². The first-order chi connectivity index (χ1) is 12.7. The predicted molar refractivity (Wildman–Crippen MR) is 105 cm³/mol. The number of anilines is 1. The number of ether oxygens (including phenoxy) is 1. The van der Waals surface area contributed by atoms with E-state index < -0.39 is 0 Å². The van der Waals surface area contributed by atoms with Crippen molar-refractivity contribution < 1.29 is 9.53 Å². The van der Waals surface area contributed by atoms with Crippen LogP contribution in [0, 0.1) is 6.92 Å². The molecule has 4 heteroatoms. The highest BCUT2D eigenvalue weighted by Gasteiger charge is 2.20. The highest BCUT2D eigenvalue weighted by Crippen LogP contribution is 2.26. The SMILES string of the molecule is Cc1cccc(N2CCN(C(=O)/C=C/c3ccc4c(c3)CCO4)CC2)c1. The van der Waals surface area contributed by atoms with Crippen molar-refractivity contribution in [2.24, 2.45) is 0 Å². The summed E-state index contributed by atoms with van der Waals surface area (Å²) in [5.41, 5.74) is 4.80. The number of hydrogen-bond donors (Lipinski definition) is 0. The van der Waals surface area contributed by atoms with Crippen LogP contribution in [0.1, 0.15) is 16.7 Å². The number of rotatable bonds is 3. The van der Waals surface area contributed by atoms with Crippen molar-refractivity contribution in [3.63, 3.8) is 0 Å². The summed E-state index contributed by atoms with van der Waals surface area (Å²) >= 11 is 0. The van der Waals surface area contributed by atoms with E-state index in [1.54, 1.807) is 6.08 Å². The zero-order valence-corrected chi connectivity index (χ0v) is 15.1. The van der Waals surface area contributed by atoms with Crippen molar-refractivity contribution in [1.29, 1.82) is 0 Å². The molecule has 0 spiro atoms. The van der Waals surface area contributed by atoms with E-state index in [4.69, 9.17) is 4.74 Å². The molecule has 0 radical (unpaired) electrons. The molecular formula is C22H24N2O2. The normalized spacial score (nSPS) is 16.7. The van der Waals surface area contributed by atoms with E-state index in [0.29, 0.717) is 0 Å². The number of amides is 1. The molecule has 2 heterocycles. The summed E-state index contributed by atoms with van der Waals surface area (Å²) < 4.78 is 5.52. The lowest BCUT2D eigenvalue weighted by molar-refractivity contribution is -0.126. The van der Waals surface area contributed by atoms with Crippen LogP contribution in [0.15, 0.2) is 48.5 Å². The van der Waals surface area contributed by atoms with Crippen molar-refractivity contribution in [1.82, 2.24) is 4.90 Å². The van der Waals surface area contributed by atoms with Gasteiger partial charge in [0.15, 0.2) is 0 Å². The van der Waals surface area contributed by atoms with Crippen molar-refractivity contribution in [2.75, 3.05) is 37.7 Å². The third-order valence-corrected chi connectivity index (χ3v) is 5.09. The molecule has 0 aliphatic carbocycles. The lowest BCUT2D eigenvalue weighted by Crippen LogP contribution is -2.48. The molecule has 2 aromatic rings. The highest BCUT2D eigenvalue weighted by molar-refractivity contribution is 5.92. The van der Waals surface area contributed by atoms with Gasteiger partial charge in [0.25, 0.3) is 0 Å². The van der Waals surface area contributed by atoms with E-state index in [2.05, 4.69) is 42.2 Å². The van der Waals surface area contributed by atoms with Gasteiger partial charge in [-0.3, -0.25) is 4.79 Å². The van der Waals surface area contributed by atoms with E-state index in [-0.39, 0.29) is 5.91 Å². The van der Waals surface area contributed by atoms with E-state index in [9.17, 15) is 4.79 Å². The minimum atomic E-state index is 0.0886. The minimum Gasteiger partial charge on any atom is -0.493 e. The number of carbonyl (C=O) groups is 1. The lowest BCUT2D eigenvalue weighted by atomic mass is 10.1. The first kappa shape index (κ1) is 16.7. The van der Waals surface area contributed by atoms with Gasteiger partial charge in [-0.2, -0.15) is 0 Å². The van der Waals surface area contributed by atoms with Gasteiger partial charge < -0.3 is 14.5 Å². The molecule has 4 rings (SSSR count). The summed E-state index contributed by atoms with van der Waals surface area (Å²) in [5, 5.41) is 0. The summed E-state index contributed by atoms with van der Waals surface area (Å²) in [5.74, 6) is 1.06. The number of aryl methyl sites for hydroxylation is 1. The first-order valence-electron chi connectivity index (χ1n) is 9.23. The fraction of sp³-hybridized carbons (Fsp3) is 0.318. The van der Waals surface area contributed by atoms with Gasteiger partial charge in [-0.15, -0.1) is 0 Å². The Labute approximate surface area is 154 Å². The molecule has 2 aliphatic rings. The van der Waals surface area contributed by atoms with Crippen molar-refractivity contribution in [3.05, 3.63) is 65.2 Å². The Morgan fingerprint density at radius 1 is 1.08 bits per heavy atom. The maximum absolute atomic E-state index is 12.5. The monoisotopic (exact) mass is 348 g/mol. The Morgan fingerprint density at radius 2 is 1.92 bits per heavy atom. The van der Waals surface area contributed by atoms with Crippen molar-refractivity contribution >= 4 is 17.7 Å². The third kappa shape index (κ3) is 3.59. The molecule has 0 bridgehead atoms. The number of fused-ring (bicyclic) bond motifs is 1. The van der Waals surface area contributed by atoms with E-state index in [1.807, 2.05) is 23.1 Å². The second-order valence-corrected chi connectivity index (χ2v) is 6.95. The quantitative estimate of drug-likeness (QED) is 0.798. The zero-order valence-electron chi connectivity index (χ0n) is 15.1. The molecule has 1 amide bonds. The average molecular weight is 348 g/mol. The van der Waals surface area contributed by atoms with Crippen molar-refractivity contribution in [2.45, 2.75) is 13.3 Å². The first-order valence-corrected chi connectivity index (χ1v) is 9.23. The third-order valence-electron chi connectivity index (χ3n) is 5.09. The smallest absolute Gasteiger partial charge is 0.246 e. The van der Waals surface area contributed by atoms with E-state index >= 15 is 0 Å². The number of hydrogen-bond acceptors (Lipinski definition) is 3. The van der Waals surface area contributed by atoms with Gasteiger partial charge in [0.2, 0.25) is 5.91 Å². The standard InChI is InChI=1S/C22H24N2O2/c1-17-3-2-4-20(15-17)23-10-12-24(13-11-23)22(25)8-6-18-5-7-21-19(16-18)9-14-26-21/h2-8,15-16H,9-14H2,1H3/b8-6+. The van der Waals surface area contributed by atoms with Crippen molar-refractivity contribution in [3.8, 4) is 5.75 Å². The molecule has 2 aliphatic heterocycles. The van der Waals surface area contributed by atoms with E-state index in [1.165, 1.54) is 16.8 Å². The van der Waals surface area contributed by atoms with Crippen LogP contribution in [0.4, 0.5) is 5.69 Å². The molecule has 4 nitrogen and oxygen atoms in total. The molecule has 1 saturated heterocycles. The summed E-state index contributed by atoms with van der Waals surface area (Å²) in [4.78, 5) is 16.8. The molecule has 0 atom stereocenters. The second kappa shape index (κ2) is 7.24. The van der Waals surface area contributed by atoms with Gasteiger partial charge >= 0.3 is 0 Å². The molecule has 0 saturated carbocycles. The highest BCUT2D eigenvalue weighted by atomic mass is 16.5. The molecule has 0 unspecified atom stereocenters. The predicted octanol–water partition coefficient (Wildman–Crippen LogP) is 3.29. The van der Waals surface area contributed by atoms with Crippen LogP contribution in [0.2, 0.25) is 0 Å². The van der Waals surface area contributed by atoms with Crippen LogP contribution < -0.4 is 9.64 Å². The summed E-state index contributed by atoms with van der Waals surface area (Å²) in [6, 6.07) is 14.7. The van der Waals surface area contributed by atoms with Gasteiger partial charge in [-0.25, -0.2) is 0 Å². The summed E-state index contributed by atoms with van der Waals surface area (Å²) in [7, 11) is 0. The Bertz CT molecular complexity index is 836. The Kier molecular flexibility index (Phi) is 4.65. The molecule has 0 N–H and O–H groups in total. The minimum absolute atomic E-state index is 0.0886. The number of carbonyl (C=O) groups excluding carboxylic acids is 1. The maximum Gasteiger partial charge on any atom is 0.246 e. The fourth-order valence-electron chi connectivity index (χ4n) is 3.59. The van der Waals surface area contributed by atoms with Gasteiger partial charge in [-0.05, 0) is 54.0 Å². The zero-order chi connectivity index (χ0) is 17.9. The number of nitrogens with zero attached hydrogens (tertiary/aromatic N) is 2. The summed E-state index contributed by atoms with van der Waals surface area (Å²) in [6.45, 7) is 6.13. The average Bonchev–Trinajstić information content (AvgIpc) is 3.14. The molecule has 0 aromatic heterocycles. The Hall–Kier alpha value is -2.75. The van der Waals surface area contributed by atoms with Gasteiger partial charge in [-0.1, -0.05) is 18.2 Å². The largest absolute Gasteiger partial charge is 0.493 e. The number of piperazine rings is 1. The van der Waals surface area contributed by atoms with Crippen LogP contribution in [0.25, 0.3) is 6.08 Å². The topological polar surface area (TPSA) is 32.8 Å². The molecule has 26 heavy (non-hydrogen) atoms. The Morgan fingerprint density at radius 3 is 2.73 bits per heavy atom. The Balaban J connectivity index is 1.35. The molecule has 134 valence electrons. The van der Waals surface area contributed by atoms with Gasteiger partial charge in [0.05, 0.1) is 6.61 Å². The maximum atomic E-state index is 12.5. The van der Waals surface area contributed by atoms with Crippen LogP contribution in [-0.4, -0.2) is 43.6 Å². The van der Waals surface area contributed by atoms with Gasteiger partial charge in [0, 0.05) is 44.4 Å². The molecular weight excluding hydrogens is 324 g/mol. The second-order valence-electron chi connectivity index (χ2n) is 6.95. The van der Waals surface area contributed by atoms with E-state index in [0.717, 1.165) is 50.5 Å². The van der Waals surface area contributed by atoms with Crippen LogP contribution in [0.5, 0.6) is 5.75 Å². The van der Waals surface area contributed by atoms with Gasteiger partial charge in [0.1, 0.15) is 5.75 Å². The molecule has 1 fully saturated rings. The van der Waals surface area contributed by atoms with Crippen LogP contribution in [0.3, 0.4) is 0 Å². The van der Waals surface area contributed by atoms with Crippen LogP contribution in [-0.2, 0) is 11.2 Å². The lowest BCUT2D eigenvalue weighted by Gasteiger charge is -2.35. The summed E-state index contributed by atoms with van der Waals surface area (Å²) in [6.07, 6.45) is 4.56.